The van der Waals surface area contributed by atoms with Crippen molar-refractivity contribution in [3.8, 4) is 5.75 Å². The van der Waals surface area contributed by atoms with Gasteiger partial charge in [0, 0.05) is 11.3 Å². The normalized spacial score (nSPS) is 13.4. The molecule has 0 aliphatic heterocycles. The Morgan fingerprint density at radius 1 is 1.18 bits per heavy atom. The Morgan fingerprint density at radius 3 is 2.77 bits per heavy atom. The van der Waals surface area contributed by atoms with Gasteiger partial charge < -0.3 is 10.1 Å². The molecule has 3 rings (SSSR count). The van der Waals surface area contributed by atoms with Gasteiger partial charge in [-0.2, -0.15) is 0 Å². The smallest absolute Gasteiger partial charge is 0.255 e. The molecule has 0 fully saturated rings. The van der Waals surface area contributed by atoms with Gasteiger partial charge >= 0.3 is 0 Å². The first-order chi connectivity index (χ1) is 10.7. The van der Waals surface area contributed by atoms with E-state index < -0.39 is 0 Å². The molecule has 114 valence electrons. The average molecular weight is 316 g/mol. The lowest BCUT2D eigenvalue weighted by molar-refractivity contribution is 0.102. The molecule has 2 aromatic rings. The Labute approximate surface area is 135 Å². The number of carbonyl (C=O) groups excluding carboxylic acids is 1. The van der Waals surface area contributed by atoms with Gasteiger partial charge in [-0.15, -0.1) is 0 Å². The van der Waals surface area contributed by atoms with Gasteiger partial charge in [-0.1, -0.05) is 23.7 Å². The SMILES string of the molecule is COc1ccc(C(=O)Nc2cccc3c2CCCC3)cc1Cl. The highest BCUT2D eigenvalue weighted by Crippen LogP contribution is 2.29. The van der Waals surface area contributed by atoms with Crippen LogP contribution in [-0.4, -0.2) is 13.0 Å². The van der Waals surface area contributed by atoms with Crippen LogP contribution in [-0.2, 0) is 12.8 Å². The summed E-state index contributed by atoms with van der Waals surface area (Å²) in [6, 6.07) is 11.2. The number of fused-ring (bicyclic) bond motifs is 1. The van der Waals surface area contributed by atoms with Gasteiger partial charge in [-0.3, -0.25) is 4.79 Å². The number of rotatable bonds is 3. The number of aryl methyl sites for hydroxylation is 1. The summed E-state index contributed by atoms with van der Waals surface area (Å²) in [4.78, 5) is 12.4. The predicted molar refractivity (Wildman–Crippen MR) is 89.0 cm³/mol. The molecule has 0 saturated heterocycles. The zero-order chi connectivity index (χ0) is 15.5. The van der Waals surface area contributed by atoms with Gasteiger partial charge in [0.05, 0.1) is 12.1 Å². The van der Waals surface area contributed by atoms with E-state index in [-0.39, 0.29) is 5.91 Å². The Kier molecular flexibility index (Phi) is 4.34. The van der Waals surface area contributed by atoms with Gasteiger partial charge in [0.2, 0.25) is 0 Å². The molecule has 0 spiro atoms. The maximum atomic E-state index is 12.4. The van der Waals surface area contributed by atoms with Crippen LogP contribution in [0.5, 0.6) is 5.75 Å². The molecule has 0 heterocycles. The van der Waals surface area contributed by atoms with Crippen LogP contribution in [0.1, 0.15) is 34.3 Å². The maximum absolute atomic E-state index is 12.4. The number of benzene rings is 2. The summed E-state index contributed by atoms with van der Waals surface area (Å²) in [7, 11) is 1.55. The standard InChI is InChI=1S/C18H18ClNO2/c1-22-17-10-9-13(11-15(17)19)18(21)20-16-8-4-6-12-5-2-3-7-14(12)16/h4,6,8-11H,2-3,5,7H2,1H3,(H,20,21). The van der Waals surface area contributed by atoms with E-state index in [4.69, 9.17) is 16.3 Å². The highest BCUT2D eigenvalue weighted by molar-refractivity contribution is 6.32. The Morgan fingerprint density at radius 2 is 2.00 bits per heavy atom. The van der Waals surface area contributed by atoms with E-state index in [0.29, 0.717) is 16.3 Å². The number of methoxy groups -OCH3 is 1. The van der Waals surface area contributed by atoms with Gasteiger partial charge in [-0.05, 0) is 61.1 Å². The second-order valence-corrected chi connectivity index (χ2v) is 5.86. The van der Waals surface area contributed by atoms with Crippen LogP contribution in [0.2, 0.25) is 5.02 Å². The molecule has 0 saturated carbocycles. The Balaban J connectivity index is 1.84. The third-order valence-corrected chi connectivity index (χ3v) is 4.35. The number of ether oxygens (including phenoxy) is 1. The first-order valence-corrected chi connectivity index (χ1v) is 7.82. The van der Waals surface area contributed by atoms with Crippen molar-refractivity contribution in [2.75, 3.05) is 12.4 Å². The fourth-order valence-corrected chi connectivity index (χ4v) is 3.16. The number of hydrogen-bond acceptors (Lipinski definition) is 2. The highest BCUT2D eigenvalue weighted by atomic mass is 35.5. The maximum Gasteiger partial charge on any atom is 0.255 e. The monoisotopic (exact) mass is 315 g/mol. The molecule has 22 heavy (non-hydrogen) atoms. The number of hydrogen-bond donors (Lipinski definition) is 1. The van der Waals surface area contributed by atoms with Crippen molar-refractivity contribution >= 4 is 23.2 Å². The minimum absolute atomic E-state index is 0.150. The van der Waals surface area contributed by atoms with E-state index >= 15 is 0 Å². The van der Waals surface area contributed by atoms with Crippen LogP contribution in [0.15, 0.2) is 36.4 Å². The van der Waals surface area contributed by atoms with Crippen molar-refractivity contribution in [3.63, 3.8) is 0 Å². The zero-order valence-electron chi connectivity index (χ0n) is 12.5. The molecule has 3 nitrogen and oxygen atoms in total. The lowest BCUT2D eigenvalue weighted by Gasteiger charge is -2.19. The first-order valence-electron chi connectivity index (χ1n) is 7.44. The van der Waals surface area contributed by atoms with E-state index in [2.05, 4.69) is 11.4 Å². The fraction of sp³-hybridized carbons (Fsp3) is 0.278. The summed E-state index contributed by atoms with van der Waals surface area (Å²) in [5.74, 6) is 0.416. The van der Waals surface area contributed by atoms with Crippen molar-refractivity contribution in [2.24, 2.45) is 0 Å². The molecule has 0 aromatic heterocycles. The molecule has 1 aliphatic carbocycles. The van der Waals surface area contributed by atoms with Crippen LogP contribution in [0.3, 0.4) is 0 Å². The van der Waals surface area contributed by atoms with E-state index in [1.807, 2.05) is 12.1 Å². The molecule has 0 unspecified atom stereocenters. The molecule has 0 radical (unpaired) electrons. The third-order valence-electron chi connectivity index (χ3n) is 4.06. The number of halogens is 1. The van der Waals surface area contributed by atoms with E-state index in [1.165, 1.54) is 24.0 Å². The molecule has 1 aliphatic rings. The van der Waals surface area contributed by atoms with E-state index in [0.717, 1.165) is 18.5 Å². The number of anilines is 1. The van der Waals surface area contributed by atoms with Crippen molar-refractivity contribution in [1.82, 2.24) is 0 Å². The molecular formula is C18H18ClNO2. The lowest BCUT2D eigenvalue weighted by Crippen LogP contribution is -2.15. The molecule has 1 amide bonds. The number of carbonyl (C=O) groups is 1. The zero-order valence-corrected chi connectivity index (χ0v) is 13.2. The van der Waals surface area contributed by atoms with E-state index in [9.17, 15) is 4.79 Å². The summed E-state index contributed by atoms with van der Waals surface area (Å²) < 4.78 is 5.11. The van der Waals surface area contributed by atoms with Crippen LogP contribution in [0, 0.1) is 0 Å². The summed E-state index contributed by atoms with van der Waals surface area (Å²) in [5.41, 5.74) is 4.05. The van der Waals surface area contributed by atoms with Gasteiger partial charge in [0.1, 0.15) is 5.75 Å². The lowest BCUT2D eigenvalue weighted by atomic mass is 9.90. The van der Waals surface area contributed by atoms with Crippen LogP contribution in [0.4, 0.5) is 5.69 Å². The average Bonchev–Trinajstić information content (AvgIpc) is 2.55. The van der Waals surface area contributed by atoms with Crippen molar-refractivity contribution in [3.05, 3.63) is 58.1 Å². The predicted octanol–water partition coefficient (Wildman–Crippen LogP) is 4.48. The number of amides is 1. The molecule has 1 N–H and O–H groups in total. The second kappa shape index (κ2) is 6.41. The van der Waals surface area contributed by atoms with Crippen LogP contribution < -0.4 is 10.1 Å². The first kappa shape index (κ1) is 14.9. The van der Waals surface area contributed by atoms with Gasteiger partial charge in [0.15, 0.2) is 0 Å². The molecule has 0 atom stereocenters. The largest absolute Gasteiger partial charge is 0.495 e. The summed E-state index contributed by atoms with van der Waals surface area (Å²) in [6.07, 6.45) is 4.51. The van der Waals surface area contributed by atoms with Gasteiger partial charge in [0.25, 0.3) is 5.91 Å². The van der Waals surface area contributed by atoms with Crippen molar-refractivity contribution in [1.29, 1.82) is 0 Å². The third kappa shape index (κ3) is 2.95. The molecular weight excluding hydrogens is 298 g/mol. The fourth-order valence-electron chi connectivity index (χ4n) is 2.90. The minimum Gasteiger partial charge on any atom is -0.495 e. The molecule has 4 heteroatoms. The summed E-state index contributed by atoms with van der Waals surface area (Å²) in [5, 5.41) is 3.45. The Bertz CT molecular complexity index is 712. The molecule has 0 bridgehead atoms. The van der Waals surface area contributed by atoms with Crippen LogP contribution in [0.25, 0.3) is 0 Å². The van der Waals surface area contributed by atoms with E-state index in [1.54, 1.807) is 25.3 Å². The van der Waals surface area contributed by atoms with Crippen molar-refractivity contribution in [2.45, 2.75) is 25.7 Å². The topological polar surface area (TPSA) is 38.3 Å². The summed E-state index contributed by atoms with van der Waals surface area (Å²) >= 11 is 6.09. The minimum atomic E-state index is -0.150. The molecule has 2 aromatic carbocycles. The van der Waals surface area contributed by atoms with Crippen molar-refractivity contribution < 1.29 is 9.53 Å². The highest BCUT2D eigenvalue weighted by Gasteiger charge is 2.15. The van der Waals surface area contributed by atoms with Crippen LogP contribution >= 0.6 is 11.6 Å². The second-order valence-electron chi connectivity index (χ2n) is 5.45. The Hall–Kier alpha value is -2.00. The summed E-state index contributed by atoms with van der Waals surface area (Å²) in [6.45, 7) is 0. The quantitative estimate of drug-likeness (QED) is 0.907. The number of nitrogens with one attached hydrogen (secondary N) is 1. The van der Waals surface area contributed by atoms with Gasteiger partial charge in [-0.25, -0.2) is 0 Å².